The molecule has 1 aliphatic carbocycles. The van der Waals surface area contributed by atoms with Gasteiger partial charge in [-0.25, -0.2) is 4.79 Å². The third-order valence-electron chi connectivity index (χ3n) is 6.71. The molecule has 3 heterocycles. The van der Waals surface area contributed by atoms with Crippen LogP contribution in [0.5, 0.6) is 0 Å². The summed E-state index contributed by atoms with van der Waals surface area (Å²) in [5.41, 5.74) is -2.81. The summed E-state index contributed by atoms with van der Waals surface area (Å²) in [6, 6.07) is 0. The van der Waals surface area contributed by atoms with Crippen LogP contribution in [-0.2, 0) is 28.6 Å². The lowest BCUT2D eigenvalue weighted by Gasteiger charge is -2.36. The summed E-state index contributed by atoms with van der Waals surface area (Å²) >= 11 is 0. The number of esters is 2. The van der Waals surface area contributed by atoms with Gasteiger partial charge in [0.1, 0.15) is 6.10 Å². The smallest absolute Gasteiger partial charge is 0.351 e. The highest BCUT2D eigenvalue weighted by Crippen LogP contribution is 2.66. The van der Waals surface area contributed by atoms with Crippen molar-refractivity contribution in [1.82, 2.24) is 0 Å². The standard InChI is InChI=1S/C16H20O7/c1-14(2)15(3)4-5-16(14,23-12(15)19)13(20)22-11-9(18)8-6-7(17)10(11)21-8/h8-11,18H,4-6H2,1-3H3/t8-,9-,10+,11+,15+,16-/m1/s1. The van der Waals surface area contributed by atoms with Crippen molar-refractivity contribution in [3.05, 3.63) is 0 Å². The molecular weight excluding hydrogens is 304 g/mol. The van der Waals surface area contributed by atoms with Crippen molar-refractivity contribution >= 4 is 17.7 Å². The Bertz CT molecular complexity index is 626. The molecule has 0 aromatic carbocycles. The van der Waals surface area contributed by atoms with E-state index in [9.17, 15) is 19.5 Å². The quantitative estimate of drug-likeness (QED) is 0.720. The van der Waals surface area contributed by atoms with Crippen molar-refractivity contribution in [1.29, 1.82) is 0 Å². The first-order valence-corrected chi connectivity index (χ1v) is 7.95. The average Bonchev–Trinajstić information content (AvgIpc) is 3.09. The van der Waals surface area contributed by atoms with E-state index in [2.05, 4.69) is 0 Å². The zero-order valence-electron chi connectivity index (χ0n) is 13.3. The van der Waals surface area contributed by atoms with Crippen molar-refractivity contribution in [2.45, 2.75) is 70.1 Å². The van der Waals surface area contributed by atoms with Gasteiger partial charge in [0.05, 0.1) is 11.5 Å². The van der Waals surface area contributed by atoms with E-state index in [1.165, 1.54) is 0 Å². The summed E-state index contributed by atoms with van der Waals surface area (Å²) in [7, 11) is 0. The number of aliphatic hydroxyl groups is 1. The zero-order valence-corrected chi connectivity index (χ0v) is 13.3. The fraction of sp³-hybridized carbons (Fsp3) is 0.812. The molecule has 0 radical (unpaired) electrons. The number of aliphatic hydroxyl groups excluding tert-OH is 1. The highest BCUT2D eigenvalue weighted by molar-refractivity contribution is 5.94. The van der Waals surface area contributed by atoms with Gasteiger partial charge in [-0.05, 0) is 19.8 Å². The third-order valence-corrected chi connectivity index (χ3v) is 6.71. The number of hydrogen-bond acceptors (Lipinski definition) is 7. The summed E-state index contributed by atoms with van der Waals surface area (Å²) in [6.45, 7) is 5.45. The number of hydrogen-bond donors (Lipinski definition) is 1. The van der Waals surface area contributed by atoms with E-state index < -0.39 is 52.8 Å². The molecule has 0 amide bonds. The van der Waals surface area contributed by atoms with Crippen LogP contribution in [0.25, 0.3) is 0 Å². The van der Waals surface area contributed by atoms with E-state index in [1.54, 1.807) is 6.92 Å². The maximum atomic E-state index is 12.8. The number of carbonyl (C=O) groups is 3. The first kappa shape index (κ1) is 15.1. The molecule has 4 aliphatic rings. The molecule has 4 bridgehead atoms. The van der Waals surface area contributed by atoms with E-state index in [0.29, 0.717) is 12.8 Å². The first-order valence-electron chi connectivity index (χ1n) is 7.95. The van der Waals surface area contributed by atoms with Gasteiger partial charge in [0.15, 0.2) is 18.0 Å². The second-order valence-corrected chi connectivity index (χ2v) is 7.80. The van der Waals surface area contributed by atoms with Crippen molar-refractivity contribution in [2.24, 2.45) is 10.8 Å². The molecule has 7 heteroatoms. The van der Waals surface area contributed by atoms with Gasteiger partial charge < -0.3 is 19.3 Å². The first-order chi connectivity index (χ1) is 10.6. The maximum Gasteiger partial charge on any atom is 0.351 e. The molecule has 1 N–H and O–H groups in total. The second-order valence-electron chi connectivity index (χ2n) is 7.80. The van der Waals surface area contributed by atoms with Crippen molar-refractivity contribution in [2.75, 3.05) is 0 Å². The number of rotatable bonds is 2. The molecule has 6 atom stereocenters. The summed E-state index contributed by atoms with van der Waals surface area (Å²) < 4.78 is 16.3. The van der Waals surface area contributed by atoms with E-state index in [-0.39, 0.29) is 12.2 Å². The SMILES string of the molecule is CC1(C)[C@@]2(C)CC[C@]1(C(=O)O[C@H]1[C@H](O)[C@H]3CC(=O)[C@@H]1O3)OC2=O. The highest BCUT2D eigenvalue weighted by Gasteiger charge is 2.77. The number of Topliss-reactive ketones (excluding diaryl/α,β-unsaturated/α-hetero) is 1. The van der Waals surface area contributed by atoms with Crippen molar-refractivity contribution in [3.8, 4) is 0 Å². The van der Waals surface area contributed by atoms with Crippen LogP contribution in [0.15, 0.2) is 0 Å². The Labute approximate surface area is 133 Å². The predicted molar refractivity (Wildman–Crippen MR) is 74.1 cm³/mol. The molecule has 4 rings (SSSR count). The molecule has 0 unspecified atom stereocenters. The molecule has 0 aromatic heterocycles. The molecule has 23 heavy (non-hydrogen) atoms. The fourth-order valence-electron chi connectivity index (χ4n) is 4.53. The van der Waals surface area contributed by atoms with E-state index in [1.807, 2.05) is 13.8 Å². The summed E-state index contributed by atoms with van der Waals surface area (Å²) in [4.78, 5) is 36.8. The Hall–Kier alpha value is -1.47. The van der Waals surface area contributed by atoms with E-state index in [0.717, 1.165) is 0 Å². The predicted octanol–water partition coefficient (Wildman–Crippen LogP) is 0.121. The Kier molecular flexibility index (Phi) is 2.71. The monoisotopic (exact) mass is 324 g/mol. The summed E-state index contributed by atoms with van der Waals surface area (Å²) in [5.74, 6) is -1.26. The Morgan fingerprint density at radius 1 is 1.26 bits per heavy atom. The number of carbonyl (C=O) groups excluding carboxylic acids is 3. The van der Waals surface area contributed by atoms with Crippen molar-refractivity contribution in [3.63, 3.8) is 0 Å². The lowest BCUT2D eigenvalue weighted by atomic mass is 9.66. The molecule has 0 spiro atoms. The third kappa shape index (κ3) is 1.50. The van der Waals surface area contributed by atoms with E-state index >= 15 is 0 Å². The van der Waals surface area contributed by atoms with Crippen LogP contribution in [0.3, 0.4) is 0 Å². The highest BCUT2D eigenvalue weighted by atomic mass is 16.6. The normalized spacial score (nSPS) is 49.6. The Morgan fingerprint density at radius 2 is 1.96 bits per heavy atom. The number of ketones is 1. The average molecular weight is 324 g/mol. The van der Waals surface area contributed by atoms with Crippen LogP contribution < -0.4 is 0 Å². The van der Waals surface area contributed by atoms with Gasteiger partial charge in [0.2, 0.25) is 5.60 Å². The summed E-state index contributed by atoms with van der Waals surface area (Å²) in [5, 5.41) is 10.1. The molecule has 3 aliphatic heterocycles. The Balaban J connectivity index is 1.61. The molecule has 126 valence electrons. The molecule has 0 aromatic rings. The van der Waals surface area contributed by atoms with Gasteiger partial charge in [0, 0.05) is 11.8 Å². The van der Waals surface area contributed by atoms with E-state index in [4.69, 9.17) is 14.2 Å². The molecule has 4 fully saturated rings. The molecule has 1 saturated carbocycles. The minimum Gasteiger partial charge on any atom is -0.453 e. The molecule has 7 nitrogen and oxygen atoms in total. The van der Waals surface area contributed by atoms with Gasteiger partial charge in [0.25, 0.3) is 0 Å². The lowest BCUT2D eigenvalue weighted by Crippen LogP contribution is -2.53. The van der Waals surface area contributed by atoms with Gasteiger partial charge in [-0.1, -0.05) is 13.8 Å². The van der Waals surface area contributed by atoms with Crippen LogP contribution in [0, 0.1) is 10.8 Å². The summed E-state index contributed by atoms with van der Waals surface area (Å²) in [6.07, 6.45) is -2.51. The minimum atomic E-state index is -1.36. The minimum absolute atomic E-state index is 0.142. The van der Waals surface area contributed by atoms with Gasteiger partial charge in [-0.2, -0.15) is 0 Å². The molecule has 3 saturated heterocycles. The van der Waals surface area contributed by atoms with Crippen LogP contribution in [-0.4, -0.2) is 52.8 Å². The Morgan fingerprint density at radius 3 is 2.48 bits per heavy atom. The van der Waals surface area contributed by atoms with Crippen molar-refractivity contribution < 1.29 is 33.7 Å². The van der Waals surface area contributed by atoms with Gasteiger partial charge >= 0.3 is 11.9 Å². The zero-order chi connectivity index (χ0) is 16.8. The molecular formula is C16H20O7. The second kappa shape index (κ2) is 4.13. The van der Waals surface area contributed by atoms with Crippen LogP contribution >= 0.6 is 0 Å². The number of ether oxygens (including phenoxy) is 3. The van der Waals surface area contributed by atoms with Crippen LogP contribution in [0.1, 0.15) is 40.0 Å². The van der Waals surface area contributed by atoms with Crippen LogP contribution in [0.2, 0.25) is 0 Å². The fourth-order valence-corrected chi connectivity index (χ4v) is 4.53. The number of fused-ring (bicyclic) bond motifs is 4. The largest absolute Gasteiger partial charge is 0.453 e. The van der Waals surface area contributed by atoms with Gasteiger partial charge in [-0.15, -0.1) is 0 Å². The topological polar surface area (TPSA) is 99.1 Å². The van der Waals surface area contributed by atoms with Gasteiger partial charge in [-0.3, -0.25) is 9.59 Å². The maximum absolute atomic E-state index is 12.8. The lowest BCUT2D eigenvalue weighted by molar-refractivity contribution is -0.192. The van der Waals surface area contributed by atoms with Crippen LogP contribution in [0.4, 0.5) is 0 Å².